The van der Waals surface area contributed by atoms with E-state index in [0.717, 1.165) is 43.2 Å². The van der Waals surface area contributed by atoms with Gasteiger partial charge in [-0.2, -0.15) is 5.10 Å². The normalized spacial score (nSPS) is 38.5. The summed E-state index contributed by atoms with van der Waals surface area (Å²) in [6.07, 6.45) is 8.66. The Morgan fingerprint density at radius 3 is 2.55 bits per heavy atom. The van der Waals surface area contributed by atoms with Crippen LogP contribution in [-0.2, 0) is 6.54 Å². The van der Waals surface area contributed by atoms with Crippen molar-refractivity contribution in [1.29, 1.82) is 0 Å². The van der Waals surface area contributed by atoms with Crippen LogP contribution in [-0.4, -0.2) is 27.8 Å². The summed E-state index contributed by atoms with van der Waals surface area (Å²) in [5, 5.41) is 7.81. The minimum absolute atomic E-state index is 0.00699. The number of nitrogens with zero attached hydrogens (tertiary/aromatic N) is 2. The number of fused-ring (bicyclic) bond motifs is 1. The fourth-order valence-electron chi connectivity index (χ4n) is 5.75. The highest BCUT2D eigenvalue weighted by Crippen LogP contribution is 2.55. The van der Waals surface area contributed by atoms with Gasteiger partial charge in [0.2, 0.25) is 5.88 Å². The molecule has 22 heavy (non-hydrogen) atoms. The van der Waals surface area contributed by atoms with Crippen LogP contribution < -0.4 is 10.1 Å². The molecule has 0 aromatic carbocycles. The first-order valence-electron chi connectivity index (χ1n) is 8.72. The Morgan fingerprint density at radius 1 is 1.23 bits per heavy atom. The number of carbonyl (C=O) groups is 1. The first-order valence-corrected chi connectivity index (χ1v) is 8.72. The third kappa shape index (κ3) is 1.97. The van der Waals surface area contributed by atoms with Crippen LogP contribution in [0, 0.1) is 17.8 Å². The topological polar surface area (TPSA) is 56.2 Å². The number of hydrogen-bond donors (Lipinski definition) is 1. The van der Waals surface area contributed by atoms with E-state index >= 15 is 0 Å². The molecule has 0 radical (unpaired) electrons. The van der Waals surface area contributed by atoms with E-state index in [1.54, 1.807) is 6.07 Å². The summed E-state index contributed by atoms with van der Waals surface area (Å²) in [5.41, 5.74) is 0.573. The number of rotatable bonds is 2. The number of aryl methyl sites for hydroxylation is 1. The zero-order chi connectivity index (χ0) is 14.7. The van der Waals surface area contributed by atoms with Crippen molar-refractivity contribution in [1.82, 2.24) is 15.1 Å². The molecule has 4 bridgehead atoms. The summed E-state index contributed by atoms with van der Waals surface area (Å²) < 4.78 is 7.39. The molecule has 5 aliphatic rings. The maximum absolute atomic E-state index is 12.7. The molecule has 5 nitrogen and oxygen atoms in total. The highest BCUT2D eigenvalue weighted by Gasteiger charge is 2.51. The van der Waals surface area contributed by atoms with E-state index in [1.807, 2.05) is 4.68 Å². The van der Waals surface area contributed by atoms with Gasteiger partial charge in [-0.1, -0.05) is 0 Å². The molecule has 118 valence electrons. The van der Waals surface area contributed by atoms with E-state index in [-0.39, 0.29) is 11.4 Å². The van der Waals surface area contributed by atoms with Gasteiger partial charge in [-0.05, 0) is 56.3 Å². The molecule has 1 aromatic rings. The molecule has 1 N–H and O–H groups in total. The largest absolute Gasteiger partial charge is 0.478 e. The van der Waals surface area contributed by atoms with Crippen molar-refractivity contribution in [2.45, 2.75) is 57.0 Å². The van der Waals surface area contributed by atoms with Crippen molar-refractivity contribution in [2.24, 2.45) is 17.8 Å². The first kappa shape index (κ1) is 13.0. The third-order valence-corrected chi connectivity index (χ3v) is 6.16. The molecule has 0 spiro atoms. The van der Waals surface area contributed by atoms with E-state index in [1.165, 1.54) is 38.5 Å². The van der Waals surface area contributed by atoms with Gasteiger partial charge in [-0.3, -0.25) is 4.79 Å². The minimum atomic E-state index is -0.00699. The Morgan fingerprint density at radius 2 is 1.91 bits per heavy atom. The fraction of sp³-hybridized carbons (Fsp3) is 0.765. The standard InChI is InChI=1S/C17H23N3O2/c21-16(14-7-15-20(19-14)2-1-3-22-15)18-17-8-11-4-12(9-17)6-13(5-11)10-17/h7,11-13H,1-6,8-10H2,(H,18,21). The van der Waals surface area contributed by atoms with E-state index in [2.05, 4.69) is 10.4 Å². The van der Waals surface area contributed by atoms with Crippen LogP contribution in [0.5, 0.6) is 5.88 Å². The van der Waals surface area contributed by atoms with E-state index in [4.69, 9.17) is 4.74 Å². The zero-order valence-corrected chi connectivity index (χ0v) is 12.9. The van der Waals surface area contributed by atoms with Crippen molar-refractivity contribution in [3.05, 3.63) is 11.8 Å². The van der Waals surface area contributed by atoms with Gasteiger partial charge in [0.1, 0.15) is 0 Å². The number of nitrogens with one attached hydrogen (secondary N) is 1. The van der Waals surface area contributed by atoms with Crippen LogP contribution in [0.1, 0.15) is 55.4 Å². The lowest BCUT2D eigenvalue weighted by Gasteiger charge is -2.56. The van der Waals surface area contributed by atoms with Crippen molar-refractivity contribution in [2.75, 3.05) is 6.61 Å². The van der Waals surface area contributed by atoms with Crippen LogP contribution in [0.4, 0.5) is 0 Å². The summed E-state index contributed by atoms with van der Waals surface area (Å²) in [5.74, 6) is 3.25. The molecule has 6 rings (SSSR count). The number of carbonyl (C=O) groups excluding carboxylic acids is 1. The molecule has 0 atom stereocenters. The monoisotopic (exact) mass is 301 g/mol. The molecule has 1 aliphatic heterocycles. The molecule has 5 heteroatoms. The molecule has 4 aliphatic carbocycles. The second-order valence-electron chi connectivity index (χ2n) is 7.94. The Bertz CT molecular complexity index is 563. The molecular formula is C17H23N3O2. The van der Waals surface area contributed by atoms with Crippen molar-refractivity contribution in [3.63, 3.8) is 0 Å². The van der Waals surface area contributed by atoms with Crippen molar-refractivity contribution in [3.8, 4) is 5.88 Å². The van der Waals surface area contributed by atoms with Gasteiger partial charge in [0.05, 0.1) is 6.61 Å². The van der Waals surface area contributed by atoms with Gasteiger partial charge in [0, 0.05) is 24.6 Å². The second-order valence-corrected chi connectivity index (χ2v) is 7.94. The minimum Gasteiger partial charge on any atom is -0.478 e. The summed E-state index contributed by atoms with van der Waals surface area (Å²) in [4.78, 5) is 12.7. The average Bonchev–Trinajstić information content (AvgIpc) is 2.89. The van der Waals surface area contributed by atoms with Crippen LogP contribution in [0.25, 0.3) is 0 Å². The SMILES string of the molecule is O=C(NC12CC3CC(CC(C3)C1)C2)c1cc2n(n1)CCCO2. The van der Waals surface area contributed by atoms with Crippen LogP contribution >= 0.6 is 0 Å². The maximum atomic E-state index is 12.7. The smallest absolute Gasteiger partial charge is 0.272 e. The first-order chi connectivity index (χ1) is 10.7. The highest BCUT2D eigenvalue weighted by molar-refractivity contribution is 5.93. The van der Waals surface area contributed by atoms with Gasteiger partial charge in [0.15, 0.2) is 5.69 Å². The lowest BCUT2D eigenvalue weighted by atomic mass is 9.53. The molecular weight excluding hydrogens is 278 g/mol. The molecule has 1 aromatic heterocycles. The molecule has 2 heterocycles. The third-order valence-electron chi connectivity index (χ3n) is 6.16. The van der Waals surface area contributed by atoms with E-state index in [9.17, 15) is 4.79 Å². The Kier molecular flexibility index (Phi) is 2.65. The zero-order valence-electron chi connectivity index (χ0n) is 12.9. The van der Waals surface area contributed by atoms with Crippen LogP contribution in [0.3, 0.4) is 0 Å². The Labute approximate surface area is 130 Å². The van der Waals surface area contributed by atoms with E-state index in [0.29, 0.717) is 5.69 Å². The highest BCUT2D eigenvalue weighted by atomic mass is 16.5. The van der Waals surface area contributed by atoms with Crippen molar-refractivity contribution < 1.29 is 9.53 Å². The number of amides is 1. The quantitative estimate of drug-likeness (QED) is 0.912. The predicted molar refractivity (Wildman–Crippen MR) is 80.7 cm³/mol. The fourth-order valence-corrected chi connectivity index (χ4v) is 5.75. The van der Waals surface area contributed by atoms with Gasteiger partial charge in [-0.15, -0.1) is 0 Å². The summed E-state index contributed by atoms with van der Waals surface area (Å²) in [7, 11) is 0. The van der Waals surface area contributed by atoms with Crippen molar-refractivity contribution >= 4 is 5.91 Å². The van der Waals surface area contributed by atoms with Gasteiger partial charge in [0.25, 0.3) is 5.91 Å². The van der Waals surface area contributed by atoms with Crippen LogP contribution in [0.2, 0.25) is 0 Å². The second kappa shape index (κ2) is 4.49. The number of aromatic nitrogens is 2. The molecule has 4 fully saturated rings. The summed E-state index contributed by atoms with van der Waals surface area (Å²) in [6.45, 7) is 1.57. The molecule has 0 saturated heterocycles. The maximum Gasteiger partial charge on any atom is 0.272 e. The molecule has 0 unspecified atom stereocenters. The number of ether oxygens (including phenoxy) is 1. The lowest BCUT2D eigenvalue weighted by molar-refractivity contribution is -0.0168. The number of hydrogen-bond acceptors (Lipinski definition) is 3. The molecule has 1 amide bonds. The van der Waals surface area contributed by atoms with Gasteiger partial charge in [-0.25, -0.2) is 4.68 Å². The van der Waals surface area contributed by atoms with E-state index < -0.39 is 0 Å². The van der Waals surface area contributed by atoms with Crippen LogP contribution in [0.15, 0.2) is 6.07 Å². The lowest BCUT2D eigenvalue weighted by Crippen LogP contribution is -2.59. The van der Waals surface area contributed by atoms with Gasteiger partial charge >= 0.3 is 0 Å². The predicted octanol–water partition coefficient (Wildman–Crippen LogP) is 2.36. The Balaban J connectivity index is 1.37. The molecule has 4 saturated carbocycles. The Hall–Kier alpha value is -1.52. The summed E-state index contributed by atoms with van der Waals surface area (Å²) in [6, 6.07) is 1.80. The summed E-state index contributed by atoms with van der Waals surface area (Å²) >= 11 is 0. The average molecular weight is 301 g/mol. The van der Waals surface area contributed by atoms with Gasteiger partial charge < -0.3 is 10.1 Å².